The van der Waals surface area contributed by atoms with Crippen molar-refractivity contribution in [3.8, 4) is 5.75 Å². The van der Waals surface area contributed by atoms with Gasteiger partial charge in [0.15, 0.2) is 6.61 Å². The van der Waals surface area contributed by atoms with E-state index in [1.165, 1.54) is 21.8 Å². The summed E-state index contributed by atoms with van der Waals surface area (Å²) in [5, 5.41) is 12.1. The van der Waals surface area contributed by atoms with Gasteiger partial charge in [0, 0.05) is 10.9 Å². The number of hydrogen-bond donors (Lipinski definition) is 1. The fourth-order valence-electron chi connectivity index (χ4n) is 2.91. The normalized spacial score (nSPS) is 13.0. The van der Waals surface area contributed by atoms with Crippen molar-refractivity contribution in [2.24, 2.45) is 0 Å². The molecule has 1 aromatic heterocycles. The summed E-state index contributed by atoms with van der Waals surface area (Å²) in [6, 6.07) is 13.5. The van der Waals surface area contributed by atoms with E-state index in [4.69, 9.17) is 4.74 Å². The second-order valence-electron chi connectivity index (χ2n) is 6.59. The molecular formula is C20H17BrN4O3S. The molecule has 2 amide bonds. The van der Waals surface area contributed by atoms with E-state index in [2.05, 4.69) is 55.7 Å². The summed E-state index contributed by atoms with van der Waals surface area (Å²) >= 11 is 4.70. The standard InChI is InChI=1S/C20H17BrN4O3S/c1-12-2-4-13(5-3-12)8-18-23-24-20(29-18)22-17(26)10-25-15-7-6-14(21)9-16(15)28-11-19(25)27/h2-7,9H,8,10-11H2,1H3,(H,22,24,26). The third kappa shape index (κ3) is 4.63. The maximum atomic E-state index is 12.5. The number of rotatable bonds is 5. The van der Waals surface area contributed by atoms with Crippen molar-refractivity contribution >= 4 is 49.9 Å². The molecule has 0 atom stereocenters. The minimum Gasteiger partial charge on any atom is -0.482 e. The van der Waals surface area contributed by atoms with Gasteiger partial charge < -0.3 is 4.74 Å². The lowest BCUT2D eigenvalue weighted by Crippen LogP contribution is -2.43. The highest BCUT2D eigenvalue weighted by molar-refractivity contribution is 9.10. The van der Waals surface area contributed by atoms with Crippen LogP contribution in [-0.4, -0.2) is 35.2 Å². The Bertz CT molecular complexity index is 1070. The van der Waals surface area contributed by atoms with Gasteiger partial charge in [0.05, 0.1) is 5.69 Å². The number of nitrogens with zero attached hydrogens (tertiary/aromatic N) is 3. The number of carbonyl (C=O) groups excluding carboxylic acids is 2. The molecule has 0 fully saturated rings. The summed E-state index contributed by atoms with van der Waals surface area (Å²) in [4.78, 5) is 26.1. The highest BCUT2D eigenvalue weighted by atomic mass is 79.9. The molecule has 1 aliphatic heterocycles. The van der Waals surface area contributed by atoms with E-state index in [-0.39, 0.29) is 25.0 Å². The van der Waals surface area contributed by atoms with Crippen molar-refractivity contribution in [3.63, 3.8) is 0 Å². The van der Waals surface area contributed by atoms with Crippen LogP contribution in [0.5, 0.6) is 5.75 Å². The van der Waals surface area contributed by atoms with Crippen LogP contribution in [0.4, 0.5) is 10.8 Å². The Hall–Kier alpha value is -2.78. The maximum Gasteiger partial charge on any atom is 0.265 e. The first-order chi connectivity index (χ1) is 14.0. The zero-order valence-corrected chi connectivity index (χ0v) is 17.9. The number of aryl methyl sites for hydroxylation is 1. The fourth-order valence-corrected chi connectivity index (χ4v) is 4.04. The van der Waals surface area contributed by atoms with Crippen LogP contribution in [0.3, 0.4) is 0 Å². The van der Waals surface area contributed by atoms with Crippen molar-refractivity contribution in [1.82, 2.24) is 10.2 Å². The number of ether oxygens (including phenoxy) is 1. The van der Waals surface area contributed by atoms with Crippen LogP contribution in [0.1, 0.15) is 16.1 Å². The van der Waals surface area contributed by atoms with Crippen molar-refractivity contribution in [3.05, 3.63) is 63.1 Å². The van der Waals surface area contributed by atoms with Crippen LogP contribution in [0.2, 0.25) is 0 Å². The van der Waals surface area contributed by atoms with Gasteiger partial charge in [0.25, 0.3) is 5.91 Å². The number of fused-ring (bicyclic) bond motifs is 1. The largest absolute Gasteiger partial charge is 0.482 e. The summed E-state index contributed by atoms with van der Waals surface area (Å²) in [5.74, 6) is -0.0532. The summed E-state index contributed by atoms with van der Waals surface area (Å²) < 4.78 is 6.28. The zero-order valence-electron chi connectivity index (χ0n) is 15.5. The second kappa shape index (κ2) is 8.30. The molecular weight excluding hydrogens is 456 g/mol. The van der Waals surface area contributed by atoms with Crippen LogP contribution in [-0.2, 0) is 16.0 Å². The lowest BCUT2D eigenvalue weighted by Gasteiger charge is -2.28. The predicted octanol–water partition coefficient (Wildman–Crippen LogP) is 3.56. The maximum absolute atomic E-state index is 12.5. The van der Waals surface area contributed by atoms with Crippen molar-refractivity contribution < 1.29 is 14.3 Å². The molecule has 0 aliphatic carbocycles. The van der Waals surface area contributed by atoms with E-state index in [0.717, 1.165) is 15.0 Å². The lowest BCUT2D eigenvalue weighted by molar-refractivity contribution is -0.123. The molecule has 0 saturated heterocycles. The molecule has 0 radical (unpaired) electrons. The Morgan fingerprint density at radius 2 is 2.03 bits per heavy atom. The van der Waals surface area contributed by atoms with E-state index in [0.29, 0.717) is 23.0 Å². The molecule has 2 aromatic carbocycles. The minimum atomic E-state index is -0.341. The van der Waals surface area contributed by atoms with Gasteiger partial charge in [-0.1, -0.05) is 57.1 Å². The Balaban J connectivity index is 1.41. The number of halogens is 1. The molecule has 9 heteroatoms. The number of anilines is 2. The fraction of sp³-hybridized carbons (Fsp3) is 0.200. The molecule has 2 heterocycles. The molecule has 0 bridgehead atoms. The third-order valence-electron chi connectivity index (χ3n) is 4.36. The first kappa shape index (κ1) is 19.5. The molecule has 0 unspecified atom stereocenters. The Morgan fingerprint density at radius 3 is 2.83 bits per heavy atom. The molecule has 7 nitrogen and oxygen atoms in total. The summed E-state index contributed by atoms with van der Waals surface area (Å²) in [7, 11) is 0. The molecule has 3 aromatic rings. The molecule has 29 heavy (non-hydrogen) atoms. The van der Waals surface area contributed by atoms with E-state index in [1.54, 1.807) is 18.2 Å². The van der Waals surface area contributed by atoms with E-state index >= 15 is 0 Å². The minimum absolute atomic E-state index is 0.101. The predicted molar refractivity (Wildman–Crippen MR) is 115 cm³/mol. The van der Waals surface area contributed by atoms with Gasteiger partial charge in [0.1, 0.15) is 17.3 Å². The summed E-state index contributed by atoms with van der Waals surface area (Å²) in [5.41, 5.74) is 2.90. The molecule has 0 saturated carbocycles. The highest BCUT2D eigenvalue weighted by Gasteiger charge is 2.27. The number of amides is 2. The smallest absolute Gasteiger partial charge is 0.265 e. The Morgan fingerprint density at radius 1 is 1.24 bits per heavy atom. The van der Waals surface area contributed by atoms with Crippen molar-refractivity contribution in [2.45, 2.75) is 13.3 Å². The van der Waals surface area contributed by atoms with Gasteiger partial charge in [0.2, 0.25) is 11.0 Å². The quantitative estimate of drug-likeness (QED) is 0.613. The SMILES string of the molecule is Cc1ccc(Cc2nnc(NC(=O)CN3C(=O)COc4cc(Br)ccc43)s2)cc1. The van der Waals surface area contributed by atoms with E-state index in [9.17, 15) is 9.59 Å². The van der Waals surface area contributed by atoms with E-state index in [1.807, 2.05) is 6.92 Å². The number of nitrogens with one attached hydrogen (secondary N) is 1. The first-order valence-electron chi connectivity index (χ1n) is 8.88. The van der Waals surface area contributed by atoms with Crippen LogP contribution in [0.25, 0.3) is 0 Å². The number of benzene rings is 2. The summed E-state index contributed by atoms with van der Waals surface area (Å²) in [6.07, 6.45) is 0.651. The van der Waals surface area contributed by atoms with Gasteiger partial charge in [-0.25, -0.2) is 0 Å². The van der Waals surface area contributed by atoms with Gasteiger partial charge in [-0.15, -0.1) is 10.2 Å². The van der Waals surface area contributed by atoms with Crippen molar-refractivity contribution in [2.75, 3.05) is 23.4 Å². The first-order valence-corrected chi connectivity index (χ1v) is 10.5. The lowest BCUT2D eigenvalue weighted by atomic mass is 10.1. The third-order valence-corrected chi connectivity index (χ3v) is 5.69. The highest BCUT2D eigenvalue weighted by Crippen LogP contribution is 2.34. The van der Waals surface area contributed by atoms with Crippen LogP contribution < -0.4 is 15.0 Å². The second-order valence-corrected chi connectivity index (χ2v) is 8.57. The van der Waals surface area contributed by atoms with Crippen LogP contribution in [0, 0.1) is 6.92 Å². The average molecular weight is 473 g/mol. The Kier molecular flexibility index (Phi) is 5.59. The molecule has 1 aliphatic rings. The topological polar surface area (TPSA) is 84.4 Å². The number of aromatic nitrogens is 2. The van der Waals surface area contributed by atoms with Gasteiger partial charge >= 0.3 is 0 Å². The zero-order chi connectivity index (χ0) is 20.4. The molecule has 1 N–H and O–H groups in total. The molecule has 4 rings (SSSR count). The van der Waals surface area contributed by atoms with Crippen LogP contribution in [0.15, 0.2) is 46.9 Å². The molecule has 0 spiro atoms. The average Bonchev–Trinajstić information content (AvgIpc) is 3.12. The van der Waals surface area contributed by atoms with Gasteiger partial charge in [-0.05, 0) is 30.7 Å². The monoisotopic (exact) mass is 472 g/mol. The van der Waals surface area contributed by atoms with Crippen molar-refractivity contribution in [1.29, 1.82) is 0 Å². The number of hydrogen-bond acceptors (Lipinski definition) is 6. The summed E-state index contributed by atoms with van der Waals surface area (Å²) in [6.45, 7) is 1.82. The number of carbonyl (C=O) groups is 2. The van der Waals surface area contributed by atoms with Gasteiger partial charge in [-0.2, -0.15) is 0 Å². The van der Waals surface area contributed by atoms with E-state index < -0.39 is 0 Å². The van der Waals surface area contributed by atoms with Gasteiger partial charge in [-0.3, -0.25) is 19.8 Å². The Labute approximate surface area is 179 Å². The van der Waals surface area contributed by atoms with Crippen LogP contribution >= 0.6 is 27.3 Å². The molecule has 148 valence electrons.